The standard InChI is InChI=1S/C15H18O5/c1-15(2)19-12-10(8-16)18-13(14(12)20-15)11(17)9-6-4-3-5-7-9/h3-7,10,12-14,16H,8H2,1-2H3/t10-,12-,13+,14-/m1/s1. The summed E-state index contributed by atoms with van der Waals surface area (Å²) in [6, 6.07) is 8.95. The number of aliphatic hydroxyl groups is 1. The quantitative estimate of drug-likeness (QED) is 0.840. The maximum absolute atomic E-state index is 12.5. The Kier molecular flexibility index (Phi) is 3.38. The lowest BCUT2D eigenvalue weighted by Crippen LogP contribution is -2.35. The summed E-state index contributed by atoms with van der Waals surface area (Å²) in [6.07, 6.45) is -2.15. The summed E-state index contributed by atoms with van der Waals surface area (Å²) in [6.45, 7) is 3.40. The van der Waals surface area contributed by atoms with E-state index in [2.05, 4.69) is 0 Å². The molecule has 2 heterocycles. The van der Waals surface area contributed by atoms with E-state index in [9.17, 15) is 9.90 Å². The molecule has 20 heavy (non-hydrogen) atoms. The molecule has 0 bridgehead atoms. The highest BCUT2D eigenvalue weighted by atomic mass is 16.8. The predicted octanol–water partition coefficient (Wildman–Crippen LogP) is 1.15. The van der Waals surface area contributed by atoms with Crippen molar-refractivity contribution in [3.05, 3.63) is 35.9 Å². The number of rotatable bonds is 3. The summed E-state index contributed by atoms with van der Waals surface area (Å²) in [7, 11) is 0. The van der Waals surface area contributed by atoms with E-state index in [4.69, 9.17) is 14.2 Å². The molecular formula is C15H18O5. The van der Waals surface area contributed by atoms with Crippen molar-refractivity contribution in [2.75, 3.05) is 6.61 Å². The fourth-order valence-electron chi connectivity index (χ4n) is 2.81. The van der Waals surface area contributed by atoms with Gasteiger partial charge < -0.3 is 19.3 Å². The third kappa shape index (κ3) is 2.27. The van der Waals surface area contributed by atoms with E-state index in [1.165, 1.54) is 0 Å². The van der Waals surface area contributed by atoms with Crippen molar-refractivity contribution in [3.8, 4) is 0 Å². The summed E-state index contributed by atoms with van der Waals surface area (Å²) in [4.78, 5) is 12.5. The van der Waals surface area contributed by atoms with Gasteiger partial charge in [0, 0.05) is 5.56 Å². The van der Waals surface area contributed by atoms with E-state index < -0.39 is 30.2 Å². The number of carbonyl (C=O) groups is 1. The lowest BCUT2D eigenvalue weighted by molar-refractivity contribution is -0.184. The van der Waals surface area contributed by atoms with Crippen LogP contribution < -0.4 is 0 Å². The van der Waals surface area contributed by atoms with Crippen LogP contribution in [0.25, 0.3) is 0 Å². The average molecular weight is 278 g/mol. The van der Waals surface area contributed by atoms with Crippen molar-refractivity contribution < 1.29 is 24.1 Å². The molecule has 0 saturated carbocycles. The summed E-state index contributed by atoms with van der Waals surface area (Å²) >= 11 is 0. The van der Waals surface area contributed by atoms with Gasteiger partial charge in [0.05, 0.1) is 6.61 Å². The molecular weight excluding hydrogens is 260 g/mol. The highest BCUT2D eigenvalue weighted by Crippen LogP contribution is 2.39. The first-order chi connectivity index (χ1) is 9.52. The monoisotopic (exact) mass is 278 g/mol. The van der Waals surface area contributed by atoms with Crippen LogP contribution in [0.2, 0.25) is 0 Å². The van der Waals surface area contributed by atoms with Crippen LogP contribution in [-0.4, -0.2) is 47.7 Å². The number of hydrogen-bond acceptors (Lipinski definition) is 5. The summed E-state index contributed by atoms with van der Waals surface area (Å²) in [5.74, 6) is -0.903. The van der Waals surface area contributed by atoms with Gasteiger partial charge in [-0.2, -0.15) is 0 Å². The molecule has 1 aromatic carbocycles. The van der Waals surface area contributed by atoms with E-state index in [1.807, 2.05) is 6.07 Å². The van der Waals surface area contributed by atoms with Gasteiger partial charge in [-0.3, -0.25) is 4.79 Å². The maximum atomic E-state index is 12.5. The number of fused-ring (bicyclic) bond motifs is 1. The Morgan fingerprint density at radius 1 is 1.20 bits per heavy atom. The molecule has 1 aromatic rings. The van der Waals surface area contributed by atoms with Crippen molar-refractivity contribution >= 4 is 5.78 Å². The molecule has 2 aliphatic heterocycles. The Hall–Kier alpha value is -1.27. The second-order valence-corrected chi connectivity index (χ2v) is 5.57. The Labute approximate surface area is 117 Å². The van der Waals surface area contributed by atoms with Gasteiger partial charge in [0.1, 0.15) is 24.4 Å². The average Bonchev–Trinajstić information content (AvgIpc) is 2.92. The Balaban J connectivity index is 1.85. The highest BCUT2D eigenvalue weighted by Gasteiger charge is 2.56. The first-order valence-electron chi connectivity index (χ1n) is 6.73. The van der Waals surface area contributed by atoms with Crippen molar-refractivity contribution in [2.45, 2.75) is 44.1 Å². The summed E-state index contributed by atoms with van der Waals surface area (Å²) < 4.78 is 17.2. The molecule has 2 aliphatic rings. The van der Waals surface area contributed by atoms with Crippen molar-refractivity contribution in [3.63, 3.8) is 0 Å². The molecule has 0 unspecified atom stereocenters. The molecule has 5 heteroatoms. The van der Waals surface area contributed by atoms with E-state index in [1.54, 1.807) is 38.1 Å². The Bertz CT molecular complexity index is 498. The molecule has 108 valence electrons. The van der Waals surface area contributed by atoms with Gasteiger partial charge >= 0.3 is 0 Å². The Morgan fingerprint density at radius 2 is 1.85 bits per heavy atom. The van der Waals surface area contributed by atoms with Crippen LogP contribution in [0.3, 0.4) is 0 Å². The van der Waals surface area contributed by atoms with Gasteiger partial charge in [0.15, 0.2) is 11.6 Å². The topological polar surface area (TPSA) is 65.0 Å². The minimum atomic E-state index is -0.762. The number of carbonyl (C=O) groups excluding carboxylic acids is 1. The SMILES string of the molecule is CC1(C)O[C@@H]2[C@H](O1)[C@@H](CO)O[C@H]2C(=O)c1ccccc1. The molecule has 0 aliphatic carbocycles. The van der Waals surface area contributed by atoms with Crippen LogP contribution in [0.15, 0.2) is 30.3 Å². The minimum Gasteiger partial charge on any atom is -0.394 e. The van der Waals surface area contributed by atoms with Gasteiger partial charge in [-0.05, 0) is 13.8 Å². The zero-order chi connectivity index (χ0) is 14.3. The zero-order valence-electron chi connectivity index (χ0n) is 11.5. The molecule has 4 atom stereocenters. The molecule has 0 aromatic heterocycles. The third-order valence-corrected chi connectivity index (χ3v) is 3.65. The minimum absolute atomic E-state index is 0.141. The van der Waals surface area contributed by atoms with Gasteiger partial charge in [0.2, 0.25) is 0 Å². The Morgan fingerprint density at radius 3 is 2.50 bits per heavy atom. The zero-order valence-corrected chi connectivity index (χ0v) is 11.5. The van der Waals surface area contributed by atoms with E-state index in [-0.39, 0.29) is 12.4 Å². The molecule has 0 amide bonds. The number of Topliss-reactive ketones (excluding diaryl/α,β-unsaturated/α-hetero) is 1. The highest BCUT2D eigenvalue weighted by molar-refractivity contribution is 6.00. The number of ether oxygens (including phenoxy) is 3. The van der Waals surface area contributed by atoms with Crippen LogP contribution in [0.1, 0.15) is 24.2 Å². The predicted molar refractivity (Wildman–Crippen MR) is 70.3 cm³/mol. The molecule has 5 nitrogen and oxygen atoms in total. The molecule has 2 saturated heterocycles. The van der Waals surface area contributed by atoms with Crippen LogP contribution in [0.4, 0.5) is 0 Å². The normalized spacial score (nSPS) is 35.0. The molecule has 2 fully saturated rings. The molecule has 0 spiro atoms. The smallest absolute Gasteiger partial charge is 0.194 e. The third-order valence-electron chi connectivity index (χ3n) is 3.65. The first-order valence-corrected chi connectivity index (χ1v) is 6.73. The number of aliphatic hydroxyl groups excluding tert-OH is 1. The largest absolute Gasteiger partial charge is 0.394 e. The fourth-order valence-corrected chi connectivity index (χ4v) is 2.81. The lowest BCUT2D eigenvalue weighted by Gasteiger charge is -2.23. The van der Waals surface area contributed by atoms with E-state index >= 15 is 0 Å². The second kappa shape index (κ2) is 4.93. The van der Waals surface area contributed by atoms with Crippen molar-refractivity contribution in [1.29, 1.82) is 0 Å². The maximum Gasteiger partial charge on any atom is 0.194 e. The van der Waals surface area contributed by atoms with Crippen molar-refractivity contribution in [1.82, 2.24) is 0 Å². The van der Waals surface area contributed by atoms with Crippen LogP contribution >= 0.6 is 0 Å². The number of hydrogen-bond donors (Lipinski definition) is 1. The summed E-state index contributed by atoms with van der Waals surface area (Å²) in [5.41, 5.74) is 0.572. The fraction of sp³-hybridized carbons (Fsp3) is 0.533. The lowest BCUT2D eigenvalue weighted by atomic mass is 10.0. The van der Waals surface area contributed by atoms with Gasteiger partial charge in [-0.25, -0.2) is 0 Å². The van der Waals surface area contributed by atoms with Gasteiger partial charge in [-0.1, -0.05) is 30.3 Å². The molecule has 0 radical (unpaired) electrons. The van der Waals surface area contributed by atoms with E-state index in [0.29, 0.717) is 5.56 Å². The number of benzene rings is 1. The van der Waals surface area contributed by atoms with E-state index in [0.717, 1.165) is 0 Å². The van der Waals surface area contributed by atoms with Gasteiger partial charge in [0.25, 0.3) is 0 Å². The van der Waals surface area contributed by atoms with Crippen LogP contribution in [0, 0.1) is 0 Å². The molecule has 1 N–H and O–H groups in total. The summed E-state index contributed by atoms with van der Waals surface area (Å²) in [5, 5.41) is 9.38. The van der Waals surface area contributed by atoms with Crippen molar-refractivity contribution in [2.24, 2.45) is 0 Å². The second-order valence-electron chi connectivity index (χ2n) is 5.57. The first kappa shape index (κ1) is 13.7. The van der Waals surface area contributed by atoms with Gasteiger partial charge in [-0.15, -0.1) is 0 Å². The number of ketones is 1. The van der Waals surface area contributed by atoms with Crippen LogP contribution in [-0.2, 0) is 14.2 Å². The molecule has 3 rings (SSSR count). The van der Waals surface area contributed by atoms with Crippen LogP contribution in [0.5, 0.6) is 0 Å².